The van der Waals surface area contributed by atoms with Crippen LogP contribution in [0.4, 0.5) is 5.69 Å². The molecule has 0 radical (unpaired) electrons. The summed E-state index contributed by atoms with van der Waals surface area (Å²) in [4.78, 5) is 19.2. The van der Waals surface area contributed by atoms with Crippen molar-refractivity contribution in [2.75, 3.05) is 18.1 Å². The first-order chi connectivity index (χ1) is 14.0. The van der Waals surface area contributed by atoms with Gasteiger partial charge in [0.05, 0.1) is 23.0 Å². The lowest BCUT2D eigenvalue weighted by Crippen LogP contribution is -2.45. The molecule has 29 heavy (non-hydrogen) atoms. The van der Waals surface area contributed by atoms with Gasteiger partial charge in [0.15, 0.2) is 6.10 Å². The molecular weight excluding hydrogens is 384 g/mol. The Morgan fingerprint density at radius 1 is 1.21 bits per heavy atom. The van der Waals surface area contributed by atoms with Crippen molar-refractivity contribution >= 4 is 22.9 Å². The van der Waals surface area contributed by atoms with Gasteiger partial charge in [0.1, 0.15) is 11.5 Å². The summed E-state index contributed by atoms with van der Waals surface area (Å²) in [6.45, 7) is 6.94. The number of carbonyl (C=O) groups is 1. The topological polar surface area (TPSA) is 51.7 Å². The van der Waals surface area contributed by atoms with Crippen molar-refractivity contribution in [3.8, 4) is 22.8 Å². The first kappa shape index (κ1) is 19.5. The lowest BCUT2D eigenvalue weighted by atomic mass is 10.1. The normalized spacial score (nSPS) is 15.8. The molecule has 1 aliphatic heterocycles. The van der Waals surface area contributed by atoms with Crippen molar-refractivity contribution in [3.05, 3.63) is 58.4 Å². The van der Waals surface area contributed by atoms with Crippen LogP contribution in [-0.2, 0) is 4.79 Å². The number of amides is 1. The van der Waals surface area contributed by atoms with Gasteiger partial charge in [0.2, 0.25) is 0 Å². The molecule has 150 valence electrons. The average Bonchev–Trinajstić information content (AvgIpc) is 3.14. The molecule has 0 saturated heterocycles. The number of ether oxygens (including phenoxy) is 2. The van der Waals surface area contributed by atoms with Crippen molar-refractivity contribution in [1.82, 2.24) is 4.98 Å². The molecule has 0 spiro atoms. The molecule has 0 aliphatic carbocycles. The Balaban J connectivity index is 1.49. The van der Waals surface area contributed by atoms with Gasteiger partial charge in [0, 0.05) is 17.5 Å². The smallest absolute Gasteiger partial charge is 0.267 e. The number of aryl methyl sites for hydroxylation is 2. The maximum absolute atomic E-state index is 12.8. The Hall–Kier alpha value is -2.86. The molecule has 2 aromatic carbocycles. The lowest BCUT2D eigenvalue weighted by molar-refractivity contribution is -0.125. The molecule has 1 aromatic heterocycles. The summed E-state index contributed by atoms with van der Waals surface area (Å²) in [7, 11) is 0. The van der Waals surface area contributed by atoms with E-state index < -0.39 is 6.10 Å². The molecule has 5 nitrogen and oxygen atoms in total. The first-order valence-corrected chi connectivity index (χ1v) is 10.6. The van der Waals surface area contributed by atoms with E-state index in [0.717, 1.165) is 39.9 Å². The second-order valence-corrected chi connectivity index (χ2v) is 8.26. The predicted octanol–water partition coefficient (Wildman–Crippen LogP) is 5.01. The van der Waals surface area contributed by atoms with E-state index in [9.17, 15) is 4.79 Å². The zero-order valence-corrected chi connectivity index (χ0v) is 17.7. The van der Waals surface area contributed by atoms with E-state index in [1.807, 2.05) is 66.6 Å². The average molecular weight is 409 g/mol. The highest BCUT2D eigenvalue weighted by Gasteiger charge is 2.31. The third-order valence-electron chi connectivity index (χ3n) is 4.87. The Bertz CT molecular complexity index is 1030. The molecule has 3 aromatic rings. The number of nitrogens with zero attached hydrogens (tertiary/aromatic N) is 2. The van der Waals surface area contributed by atoms with Crippen LogP contribution in [0.3, 0.4) is 0 Å². The number of rotatable bonds is 6. The standard InChI is InChI=1S/C23H24N2O3S/c1-15-6-4-7-19(12-15)27-11-5-10-25-21-13-18(20-14-29-17(3)24-20)8-9-22(21)28-16(2)23(25)26/h4,6-9,12-14,16H,5,10-11H2,1-3H3. The molecule has 2 heterocycles. The van der Waals surface area contributed by atoms with Gasteiger partial charge in [-0.05, 0) is 63.1 Å². The highest BCUT2D eigenvalue weighted by molar-refractivity contribution is 7.09. The fourth-order valence-electron chi connectivity index (χ4n) is 3.41. The van der Waals surface area contributed by atoms with Gasteiger partial charge in [-0.2, -0.15) is 0 Å². The second kappa shape index (κ2) is 8.25. The van der Waals surface area contributed by atoms with Crippen LogP contribution in [0.1, 0.15) is 23.9 Å². The predicted molar refractivity (Wildman–Crippen MR) is 116 cm³/mol. The summed E-state index contributed by atoms with van der Waals surface area (Å²) in [5.74, 6) is 1.56. The summed E-state index contributed by atoms with van der Waals surface area (Å²) < 4.78 is 11.7. The minimum atomic E-state index is -0.493. The molecule has 4 rings (SSSR count). The van der Waals surface area contributed by atoms with E-state index in [-0.39, 0.29) is 5.91 Å². The maximum atomic E-state index is 12.8. The number of aromatic nitrogens is 1. The lowest BCUT2D eigenvalue weighted by Gasteiger charge is -2.33. The molecule has 6 heteroatoms. The van der Waals surface area contributed by atoms with Crippen LogP contribution in [0, 0.1) is 13.8 Å². The first-order valence-electron chi connectivity index (χ1n) is 9.75. The van der Waals surface area contributed by atoms with Gasteiger partial charge in [-0.1, -0.05) is 12.1 Å². The van der Waals surface area contributed by atoms with E-state index in [1.165, 1.54) is 5.56 Å². The van der Waals surface area contributed by atoms with Gasteiger partial charge in [-0.3, -0.25) is 4.79 Å². The molecule has 0 bridgehead atoms. The molecule has 0 saturated carbocycles. The number of thiazole rings is 1. The molecule has 0 N–H and O–H groups in total. The quantitative estimate of drug-likeness (QED) is 0.538. The van der Waals surface area contributed by atoms with Crippen molar-refractivity contribution in [3.63, 3.8) is 0 Å². The van der Waals surface area contributed by atoms with Crippen LogP contribution in [0.25, 0.3) is 11.3 Å². The number of anilines is 1. The van der Waals surface area contributed by atoms with Crippen LogP contribution in [0.5, 0.6) is 11.5 Å². The molecular formula is C23H24N2O3S. The summed E-state index contributed by atoms with van der Waals surface area (Å²) in [5, 5.41) is 3.05. The third kappa shape index (κ3) is 4.27. The number of carbonyl (C=O) groups excluding carboxylic acids is 1. The van der Waals surface area contributed by atoms with Crippen LogP contribution in [0.15, 0.2) is 47.8 Å². The molecule has 1 unspecified atom stereocenters. The Morgan fingerprint density at radius 3 is 2.83 bits per heavy atom. The highest BCUT2D eigenvalue weighted by Crippen LogP contribution is 2.37. The van der Waals surface area contributed by atoms with Gasteiger partial charge in [-0.25, -0.2) is 4.98 Å². The highest BCUT2D eigenvalue weighted by atomic mass is 32.1. The summed E-state index contributed by atoms with van der Waals surface area (Å²) in [6.07, 6.45) is 0.235. The largest absolute Gasteiger partial charge is 0.494 e. The van der Waals surface area contributed by atoms with Gasteiger partial charge >= 0.3 is 0 Å². The Labute approximate surface area is 174 Å². The van der Waals surface area contributed by atoms with E-state index in [4.69, 9.17) is 9.47 Å². The Morgan fingerprint density at radius 2 is 2.07 bits per heavy atom. The van der Waals surface area contributed by atoms with Crippen LogP contribution in [-0.4, -0.2) is 30.1 Å². The molecule has 1 atom stereocenters. The number of benzene rings is 2. The zero-order valence-electron chi connectivity index (χ0n) is 16.8. The van der Waals surface area contributed by atoms with E-state index in [1.54, 1.807) is 18.3 Å². The monoisotopic (exact) mass is 408 g/mol. The van der Waals surface area contributed by atoms with E-state index in [2.05, 4.69) is 4.98 Å². The summed E-state index contributed by atoms with van der Waals surface area (Å²) in [6, 6.07) is 13.9. The molecule has 1 amide bonds. The van der Waals surface area contributed by atoms with Crippen molar-refractivity contribution in [1.29, 1.82) is 0 Å². The molecule has 0 fully saturated rings. The number of hydrogen-bond acceptors (Lipinski definition) is 5. The summed E-state index contributed by atoms with van der Waals surface area (Å²) in [5.41, 5.74) is 3.87. The minimum absolute atomic E-state index is 0.0281. The van der Waals surface area contributed by atoms with Crippen molar-refractivity contribution in [2.24, 2.45) is 0 Å². The Kier molecular flexibility index (Phi) is 5.53. The zero-order chi connectivity index (χ0) is 20.4. The van der Waals surface area contributed by atoms with Crippen LogP contribution in [0.2, 0.25) is 0 Å². The van der Waals surface area contributed by atoms with Gasteiger partial charge < -0.3 is 14.4 Å². The van der Waals surface area contributed by atoms with Crippen LogP contribution < -0.4 is 14.4 Å². The van der Waals surface area contributed by atoms with Crippen molar-refractivity contribution < 1.29 is 14.3 Å². The fraction of sp³-hybridized carbons (Fsp3) is 0.304. The van der Waals surface area contributed by atoms with Crippen LogP contribution >= 0.6 is 11.3 Å². The number of fused-ring (bicyclic) bond motifs is 1. The maximum Gasteiger partial charge on any atom is 0.267 e. The number of hydrogen-bond donors (Lipinski definition) is 0. The van der Waals surface area contributed by atoms with E-state index in [0.29, 0.717) is 13.2 Å². The van der Waals surface area contributed by atoms with Crippen molar-refractivity contribution in [2.45, 2.75) is 33.3 Å². The fourth-order valence-corrected chi connectivity index (χ4v) is 4.03. The molecule has 1 aliphatic rings. The third-order valence-corrected chi connectivity index (χ3v) is 5.64. The van der Waals surface area contributed by atoms with Gasteiger partial charge in [-0.15, -0.1) is 11.3 Å². The minimum Gasteiger partial charge on any atom is -0.494 e. The van der Waals surface area contributed by atoms with E-state index >= 15 is 0 Å². The second-order valence-electron chi connectivity index (χ2n) is 7.20. The summed E-state index contributed by atoms with van der Waals surface area (Å²) >= 11 is 1.61. The van der Waals surface area contributed by atoms with Gasteiger partial charge in [0.25, 0.3) is 5.91 Å². The SMILES string of the molecule is Cc1cccc(OCCCN2C(=O)C(C)Oc3ccc(-c4csc(C)n4)cc32)c1.